The van der Waals surface area contributed by atoms with Gasteiger partial charge in [-0.25, -0.2) is 0 Å². The molecule has 1 atom stereocenters. The van der Waals surface area contributed by atoms with Crippen LogP contribution in [-0.2, 0) is 19.6 Å². The van der Waals surface area contributed by atoms with Crippen molar-refractivity contribution in [2.24, 2.45) is 5.92 Å². The molecule has 0 unspecified atom stereocenters. The SMILES string of the molecule is Cc1cc(CN(C)Cc2cnccn2)c(C)c(CN2CCC[C@@H](C)C2)c1. The maximum atomic E-state index is 4.39. The first-order valence-electron chi connectivity index (χ1n) is 9.76. The van der Waals surface area contributed by atoms with Crippen molar-refractivity contribution in [1.82, 2.24) is 19.8 Å². The third-order valence-corrected chi connectivity index (χ3v) is 5.39. The molecule has 26 heavy (non-hydrogen) atoms. The van der Waals surface area contributed by atoms with Crippen LogP contribution in [-0.4, -0.2) is 39.9 Å². The molecule has 0 spiro atoms. The van der Waals surface area contributed by atoms with Crippen molar-refractivity contribution >= 4 is 0 Å². The molecular formula is C22H32N4. The summed E-state index contributed by atoms with van der Waals surface area (Å²) in [6, 6.07) is 4.71. The van der Waals surface area contributed by atoms with Crippen LogP contribution in [0.1, 0.15) is 47.7 Å². The smallest absolute Gasteiger partial charge is 0.0726 e. The third-order valence-electron chi connectivity index (χ3n) is 5.39. The first kappa shape index (κ1) is 19.0. The second-order valence-corrected chi connectivity index (χ2v) is 8.06. The first-order valence-corrected chi connectivity index (χ1v) is 9.76. The molecule has 1 saturated heterocycles. The zero-order chi connectivity index (χ0) is 18.5. The van der Waals surface area contributed by atoms with Crippen LogP contribution in [0.15, 0.2) is 30.7 Å². The van der Waals surface area contributed by atoms with Gasteiger partial charge >= 0.3 is 0 Å². The molecule has 0 radical (unpaired) electrons. The Bertz CT molecular complexity index is 714. The van der Waals surface area contributed by atoms with Crippen molar-refractivity contribution in [1.29, 1.82) is 0 Å². The molecule has 1 aliphatic rings. The molecular weight excluding hydrogens is 320 g/mol. The van der Waals surface area contributed by atoms with E-state index in [9.17, 15) is 0 Å². The molecule has 0 N–H and O–H groups in total. The van der Waals surface area contributed by atoms with Gasteiger partial charge in [-0.15, -0.1) is 0 Å². The Balaban J connectivity index is 1.70. The lowest BCUT2D eigenvalue weighted by atomic mass is 9.96. The monoisotopic (exact) mass is 352 g/mol. The van der Waals surface area contributed by atoms with E-state index >= 15 is 0 Å². The number of rotatable bonds is 6. The average molecular weight is 353 g/mol. The summed E-state index contributed by atoms with van der Waals surface area (Å²) in [4.78, 5) is 13.5. The highest BCUT2D eigenvalue weighted by Gasteiger charge is 2.18. The van der Waals surface area contributed by atoms with Gasteiger partial charge in [-0.3, -0.25) is 19.8 Å². The van der Waals surface area contributed by atoms with E-state index < -0.39 is 0 Å². The van der Waals surface area contributed by atoms with E-state index in [4.69, 9.17) is 0 Å². The zero-order valence-electron chi connectivity index (χ0n) is 16.7. The summed E-state index contributed by atoms with van der Waals surface area (Å²) < 4.78 is 0. The van der Waals surface area contributed by atoms with Gasteiger partial charge in [0.2, 0.25) is 0 Å². The van der Waals surface area contributed by atoms with Gasteiger partial charge in [-0.2, -0.15) is 0 Å². The van der Waals surface area contributed by atoms with E-state index in [-0.39, 0.29) is 0 Å². The van der Waals surface area contributed by atoms with Crippen LogP contribution in [0.5, 0.6) is 0 Å². The van der Waals surface area contributed by atoms with Gasteiger partial charge in [0.05, 0.1) is 5.69 Å². The molecule has 0 saturated carbocycles. The second kappa shape index (κ2) is 8.74. The molecule has 0 bridgehead atoms. The fraction of sp³-hybridized carbons (Fsp3) is 0.545. The fourth-order valence-electron chi connectivity index (χ4n) is 4.05. The number of piperidine rings is 1. The number of hydrogen-bond donors (Lipinski definition) is 0. The van der Waals surface area contributed by atoms with E-state index in [0.717, 1.165) is 31.2 Å². The predicted octanol–water partition coefficient (Wildman–Crippen LogP) is 3.96. The molecule has 1 aromatic carbocycles. The van der Waals surface area contributed by atoms with Crippen molar-refractivity contribution in [3.05, 3.63) is 58.7 Å². The highest BCUT2D eigenvalue weighted by atomic mass is 15.1. The van der Waals surface area contributed by atoms with Crippen LogP contribution in [0, 0.1) is 19.8 Å². The predicted molar refractivity (Wildman–Crippen MR) is 107 cm³/mol. The third kappa shape index (κ3) is 5.12. The van der Waals surface area contributed by atoms with Crippen LogP contribution >= 0.6 is 0 Å². The summed E-state index contributed by atoms with van der Waals surface area (Å²) in [6.45, 7) is 12.2. The Labute approximate surface area is 158 Å². The number of nitrogens with zero attached hydrogens (tertiary/aromatic N) is 4. The fourth-order valence-corrected chi connectivity index (χ4v) is 4.05. The van der Waals surface area contributed by atoms with Crippen LogP contribution < -0.4 is 0 Å². The minimum atomic E-state index is 0.820. The number of aryl methyl sites for hydroxylation is 1. The van der Waals surface area contributed by atoms with Crippen molar-refractivity contribution in [3.63, 3.8) is 0 Å². The Hall–Kier alpha value is -1.78. The van der Waals surface area contributed by atoms with E-state index in [0.29, 0.717) is 0 Å². The lowest BCUT2D eigenvalue weighted by Crippen LogP contribution is -2.34. The highest BCUT2D eigenvalue weighted by Crippen LogP contribution is 2.23. The average Bonchev–Trinajstić information content (AvgIpc) is 2.60. The van der Waals surface area contributed by atoms with Gasteiger partial charge in [0.25, 0.3) is 0 Å². The Morgan fingerprint density at radius 1 is 1.15 bits per heavy atom. The van der Waals surface area contributed by atoms with E-state index in [1.54, 1.807) is 12.4 Å². The second-order valence-electron chi connectivity index (χ2n) is 8.06. The van der Waals surface area contributed by atoms with Crippen molar-refractivity contribution in [3.8, 4) is 0 Å². The van der Waals surface area contributed by atoms with Gasteiger partial charge in [-0.1, -0.05) is 24.6 Å². The topological polar surface area (TPSA) is 32.3 Å². The van der Waals surface area contributed by atoms with Crippen LogP contribution in [0.2, 0.25) is 0 Å². The van der Waals surface area contributed by atoms with Gasteiger partial charge in [0.15, 0.2) is 0 Å². The van der Waals surface area contributed by atoms with E-state index in [1.807, 2.05) is 6.20 Å². The minimum Gasteiger partial charge on any atom is -0.299 e. The summed E-state index contributed by atoms with van der Waals surface area (Å²) >= 11 is 0. The largest absolute Gasteiger partial charge is 0.299 e. The number of hydrogen-bond acceptors (Lipinski definition) is 4. The molecule has 140 valence electrons. The van der Waals surface area contributed by atoms with Crippen molar-refractivity contribution in [2.75, 3.05) is 20.1 Å². The molecule has 4 nitrogen and oxygen atoms in total. The lowest BCUT2D eigenvalue weighted by Gasteiger charge is -2.31. The first-order chi connectivity index (χ1) is 12.5. The molecule has 1 fully saturated rings. The maximum Gasteiger partial charge on any atom is 0.0726 e. The Kier molecular flexibility index (Phi) is 6.38. The van der Waals surface area contributed by atoms with Gasteiger partial charge < -0.3 is 0 Å². The molecule has 0 amide bonds. The summed E-state index contributed by atoms with van der Waals surface area (Å²) in [6.07, 6.45) is 8.05. The summed E-state index contributed by atoms with van der Waals surface area (Å²) in [7, 11) is 2.16. The molecule has 4 heteroatoms. The number of benzene rings is 1. The van der Waals surface area contributed by atoms with Gasteiger partial charge in [0.1, 0.15) is 0 Å². The molecule has 1 aromatic heterocycles. The van der Waals surface area contributed by atoms with Crippen molar-refractivity contribution < 1.29 is 0 Å². The molecule has 2 aromatic rings. The minimum absolute atomic E-state index is 0.820. The quantitative estimate of drug-likeness (QED) is 0.788. The highest BCUT2D eigenvalue weighted by molar-refractivity contribution is 5.38. The van der Waals surface area contributed by atoms with Crippen LogP contribution in [0.4, 0.5) is 0 Å². The maximum absolute atomic E-state index is 4.39. The molecule has 2 heterocycles. The van der Waals surface area contributed by atoms with Gasteiger partial charge in [-0.05, 0) is 62.9 Å². The van der Waals surface area contributed by atoms with Gasteiger partial charge in [0, 0.05) is 44.8 Å². The molecule has 3 rings (SSSR count). The number of likely N-dealkylation sites (tertiary alicyclic amines) is 1. The number of aromatic nitrogens is 2. The molecule has 0 aliphatic carbocycles. The van der Waals surface area contributed by atoms with Crippen LogP contribution in [0.25, 0.3) is 0 Å². The summed E-state index contributed by atoms with van der Waals surface area (Å²) in [5, 5.41) is 0. The van der Waals surface area contributed by atoms with E-state index in [2.05, 4.69) is 59.7 Å². The lowest BCUT2D eigenvalue weighted by molar-refractivity contribution is 0.176. The van der Waals surface area contributed by atoms with E-state index in [1.165, 1.54) is 48.2 Å². The molecule has 1 aliphatic heterocycles. The Morgan fingerprint density at radius 2 is 1.96 bits per heavy atom. The van der Waals surface area contributed by atoms with Crippen molar-refractivity contribution in [2.45, 2.75) is 53.2 Å². The Morgan fingerprint density at radius 3 is 2.69 bits per heavy atom. The normalized spacial score (nSPS) is 18.4. The standard InChI is InChI=1S/C22H32N4/c1-17-6-5-9-26(13-17)15-21-11-18(2)10-20(19(21)3)14-25(4)16-22-12-23-7-8-24-22/h7-8,10-12,17H,5-6,9,13-16H2,1-4H3/t17-/m1/s1. The summed E-state index contributed by atoms with van der Waals surface area (Å²) in [5.41, 5.74) is 6.74. The van der Waals surface area contributed by atoms with Crippen LogP contribution in [0.3, 0.4) is 0 Å². The summed E-state index contributed by atoms with van der Waals surface area (Å²) in [5.74, 6) is 0.825. The zero-order valence-corrected chi connectivity index (χ0v) is 16.7.